The number of hydrogen-bond acceptors (Lipinski definition) is 3. The van der Waals surface area contributed by atoms with Crippen molar-refractivity contribution in [2.45, 2.75) is 57.4 Å². The van der Waals surface area contributed by atoms with Gasteiger partial charge in [-0.2, -0.15) is 0 Å². The lowest BCUT2D eigenvalue weighted by atomic mass is 10.2. The molecule has 1 aliphatic rings. The van der Waals surface area contributed by atoms with Gasteiger partial charge in [-0.15, -0.1) is 0 Å². The number of ether oxygens (including phenoxy) is 1. The van der Waals surface area contributed by atoms with Gasteiger partial charge in [0, 0.05) is 28.7 Å². The van der Waals surface area contributed by atoms with Crippen LogP contribution in [-0.2, 0) is 15.5 Å². The summed E-state index contributed by atoms with van der Waals surface area (Å²) in [4.78, 5) is 0. The molecule has 0 aromatic rings. The highest BCUT2D eigenvalue weighted by Crippen LogP contribution is 2.15. The smallest absolute Gasteiger partial charge is 0.0691 e. The van der Waals surface area contributed by atoms with Crippen LogP contribution in [0.4, 0.5) is 0 Å². The highest BCUT2D eigenvalue weighted by atomic mass is 32.2. The molecule has 0 aromatic carbocycles. The van der Waals surface area contributed by atoms with E-state index < -0.39 is 10.8 Å². The molecule has 0 bridgehead atoms. The first-order chi connectivity index (χ1) is 7.65. The molecule has 3 nitrogen and oxygen atoms in total. The van der Waals surface area contributed by atoms with Crippen LogP contribution in [0, 0.1) is 0 Å². The molecule has 16 heavy (non-hydrogen) atoms. The van der Waals surface area contributed by atoms with Gasteiger partial charge in [-0.3, -0.25) is 4.21 Å². The first-order valence-corrected chi connectivity index (χ1v) is 7.75. The van der Waals surface area contributed by atoms with Crippen molar-refractivity contribution in [2.75, 3.05) is 18.9 Å². The van der Waals surface area contributed by atoms with Crippen LogP contribution in [0.3, 0.4) is 0 Å². The first kappa shape index (κ1) is 14.1. The Morgan fingerprint density at radius 3 is 2.81 bits per heavy atom. The molecule has 1 N–H and O–H groups in total. The van der Waals surface area contributed by atoms with Gasteiger partial charge < -0.3 is 10.1 Å². The van der Waals surface area contributed by atoms with E-state index in [9.17, 15) is 4.21 Å². The van der Waals surface area contributed by atoms with Crippen LogP contribution < -0.4 is 5.32 Å². The molecule has 0 aliphatic carbocycles. The predicted octanol–water partition coefficient (Wildman–Crippen LogP) is 1.69. The van der Waals surface area contributed by atoms with E-state index in [1.807, 2.05) is 0 Å². The Hall–Kier alpha value is 0.0700. The molecule has 1 fully saturated rings. The molecule has 1 heterocycles. The Labute approximate surface area is 102 Å². The van der Waals surface area contributed by atoms with Crippen LogP contribution in [0.2, 0.25) is 0 Å². The maximum atomic E-state index is 12.1. The fourth-order valence-electron chi connectivity index (χ4n) is 1.88. The topological polar surface area (TPSA) is 38.3 Å². The normalized spacial score (nSPS) is 26.6. The van der Waals surface area contributed by atoms with Crippen molar-refractivity contribution in [3.63, 3.8) is 0 Å². The van der Waals surface area contributed by atoms with E-state index in [1.165, 1.54) is 0 Å². The number of rotatable bonds is 7. The summed E-state index contributed by atoms with van der Waals surface area (Å²) in [7, 11) is -0.776. The SMILES string of the molecule is CCCNC(C)C(C)S(=O)CC1CCCO1. The Bertz CT molecular complexity index is 217. The predicted molar refractivity (Wildman–Crippen MR) is 69.2 cm³/mol. The lowest BCUT2D eigenvalue weighted by Crippen LogP contribution is -2.40. The summed E-state index contributed by atoms with van der Waals surface area (Å²) in [5.41, 5.74) is 0. The Morgan fingerprint density at radius 2 is 2.25 bits per heavy atom. The van der Waals surface area contributed by atoms with E-state index in [0.29, 0.717) is 11.8 Å². The second kappa shape index (κ2) is 7.41. The van der Waals surface area contributed by atoms with Crippen LogP contribution in [0.15, 0.2) is 0 Å². The van der Waals surface area contributed by atoms with Gasteiger partial charge in [0.2, 0.25) is 0 Å². The summed E-state index contributed by atoms with van der Waals surface area (Å²) in [6, 6.07) is 0.321. The van der Waals surface area contributed by atoms with Crippen LogP contribution in [0.1, 0.15) is 40.0 Å². The van der Waals surface area contributed by atoms with Gasteiger partial charge >= 0.3 is 0 Å². The molecule has 0 radical (unpaired) electrons. The third kappa shape index (κ3) is 4.52. The average molecular weight is 247 g/mol. The van der Waals surface area contributed by atoms with Crippen molar-refractivity contribution in [1.82, 2.24) is 5.32 Å². The molecule has 0 aromatic heterocycles. The zero-order chi connectivity index (χ0) is 12.0. The summed E-state index contributed by atoms with van der Waals surface area (Å²) in [5.74, 6) is 0.708. The zero-order valence-electron chi connectivity index (χ0n) is 10.7. The Morgan fingerprint density at radius 1 is 1.50 bits per heavy atom. The highest BCUT2D eigenvalue weighted by Gasteiger charge is 2.24. The van der Waals surface area contributed by atoms with Gasteiger partial charge in [-0.1, -0.05) is 6.92 Å². The van der Waals surface area contributed by atoms with Crippen molar-refractivity contribution in [3.05, 3.63) is 0 Å². The van der Waals surface area contributed by atoms with Crippen molar-refractivity contribution in [1.29, 1.82) is 0 Å². The van der Waals surface area contributed by atoms with Crippen LogP contribution in [-0.4, -0.2) is 40.5 Å². The maximum Gasteiger partial charge on any atom is 0.0691 e. The van der Waals surface area contributed by atoms with Gasteiger partial charge in [0.05, 0.1) is 11.9 Å². The fourth-order valence-corrected chi connectivity index (χ4v) is 3.36. The molecule has 1 saturated heterocycles. The summed E-state index contributed by atoms with van der Waals surface area (Å²) in [5, 5.41) is 3.61. The highest BCUT2D eigenvalue weighted by molar-refractivity contribution is 7.85. The molecular weight excluding hydrogens is 222 g/mol. The summed E-state index contributed by atoms with van der Waals surface area (Å²) < 4.78 is 17.6. The zero-order valence-corrected chi connectivity index (χ0v) is 11.5. The lowest BCUT2D eigenvalue weighted by molar-refractivity contribution is 0.128. The first-order valence-electron chi connectivity index (χ1n) is 6.37. The third-order valence-corrected chi connectivity index (χ3v) is 5.15. The molecule has 4 heteroatoms. The van der Waals surface area contributed by atoms with Gasteiger partial charge in [-0.05, 0) is 39.7 Å². The molecule has 1 rings (SSSR count). The second-order valence-electron chi connectivity index (χ2n) is 4.63. The van der Waals surface area contributed by atoms with Crippen LogP contribution in [0.25, 0.3) is 0 Å². The number of hydrogen-bond donors (Lipinski definition) is 1. The van der Waals surface area contributed by atoms with E-state index in [-0.39, 0.29) is 11.4 Å². The molecule has 96 valence electrons. The van der Waals surface area contributed by atoms with Crippen molar-refractivity contribution >= 4 is 10.8 Å². The van der Waals surface area contributed by atoms with Crippen molar-refractivity contribution in [3.8, 4) is 0 Å². The van der Waals surface area contributed by atoms with Gasteiger partial charge in [0.1, 0.15) is 0 Å². The summed E-state index contributed by atoms with van der Waals surface area (Å²) in [6.07, 6.45) is 3.56. The van der Waals surface area contributed by atoms with E-state index in [4.69, 9.17) is 4.74 Å². The molecular formula is C12H25NO2S. The monoisotopic (exact) mass is 247 g/mol. The minimum absolute atomic E-state index is 0.204. The standard InChI is InChI=1S/C12H25NO2S/c1-4-7-13-10(2)11(3)16(14)9-12-6-5-8-15-12/h10-13H,4-9H2,1-3H3. The average Bonchev–Trinajstić information content (AvgIpc) is 2.77. The maximum absolute atomic E-state index is 12.1. The summed E-state index contributed by atoms with van der Waals surface area (Å²) >= 11 is 0. The minimum Gasteiger partial charge on any atom is -0.377 e. The van der Waals surface area contributed by atoms with E-state index in [2.05, 4.69) is 26.1 Å². The van der Waals surface area contributed by atoms with Gasteiger partial charge in [-0.25, -0.2) is 0 Å². The quantitative estimate of drug-likeness (QED) is 0.744. The van der Waals surface area contributed by atoms with Gasteiger partial charge in [0.15, 0.2) is 0 Å². The minimum atomic E-state index is -0.776. The second-order valence-corrected chi connectivity index (χ2v) is 6.47. The van der Waals surface area contributed by atoms with Crippen LogP contribution in [0.5, 0.6) is 0 Å². The lowest BCUT2D eigenvalue weighted by Gasteiger charge is -2.22. The third-order valence-electron chi connectivity index (χ3n) is 3.21. The van der Waals surface area contributed by atoms with E-state index >= 15 is 0 Å². The van der Waals surface area contributed by atoms with Crippen molar-refractivity contribution < 1.29 is 8.95 Å². The van der Waals surface area contributed by atoms with Gasteiger partial charge in [0.25, 0.3) is 0 Å². The van der Waals surface area contributed by atoms with Crippen molar-refractivity contribution in [2.24, 2.45) is 0 Å². The summed E-state index contributed by atoms with van der Waals surface area (Å²) in [6.45, 7) is 8.18. The molecule has 0 amide bonds. The Balaban J connectivity index is 2.28. The molecule has 0 saturated carbocycles. The van der Waals surface area contributed by atoms with Crippen LogP contribution >= 0.6 is 0 Å². The molecule has 4 unspecified atom stereocenters. The van der Waals surface area contributed by atoms with E-state index in [0.717, 1.165) is 32.4 Å². The molecule has 1 aliphatic heterocycles. The van der Waals surface area contributed by atoms with E-state index in [1.54, 1.807) is 0 Å². The number of nitrogens with one attached hydrogen (secondary N) is 1. The fraction of sp³-hybridized carbons (Fsp3) is 1.00. The Kier molecular flexibility index (Phi) is 6.54. The largest absolute Gasteiger partial charge is 0.377 e. The molecule has 0 spiro atoms. The molecule has 4 atom stereocenters.